The summed E-state index contributed by atoms with van der Waals surface area (Å²) in [6.07, 6.45) is 10.4. The van der Waals surface area contributed by atoms with E-state index >= 15 is 0 Å². The van der Waals surface area contributed by atoms with E-state index in [1.165, 1.54) is 35.1 Å². The number of nitrogens with one attached hydrogen (secondary N) is 2. The van der Waals surface area contributed by atoms with Crippen molar-refractivity contribution < 1.29 is 9.59 Å². The van der Waals surface area contributed by atoms with Gasteiger partial charge in [-0.15, -0.1) is 0 Å². The van der Waals surface area contributed by atoms with Gasteiger partial charge in [-0.05, 0) is 98.1 Å². The zero-order valence-corrected chi connectivity index (χ0v) is 20.9. The van der Waals surface area contributed by atoms with Crippen LogP contribution in [0, 0.1) is 5.41 Å². The lowest BCUT2D eigenvalue weighted by atomic mass is 9.94. The van der Waals surface area contributed by atoms with Gasteiger partial charge in [-0.25, -0.2) is 0 Å². The van der Waals surface area contributed by atoms with Crippen LogP contribution < -0.4 is 10.6 Å². The van der Waals surface area contributed by atoms with Crippen molar-refractivity contribution in [3.05, 3.63) is 70.3 Å². The van der Waals surface area contributed by atoms with Crippen molar-refractivity contribution >= 4 is 17.6 Å². The molecule has 0 radical (unpaired) electrons. The molecule has 0 aromatic heterocycles. The summed E-state index contributed by atoms with van der Waals surface area (Å²) in [7, 11) is 0. The number of aliphatic imine (C=N–C) groups is 1. The van der Waals surface area contributed by atoms with Gasteiger partial charge >= 0.3 is 0 Å². The molecule has 5 heteroatoms. The summed E-state index contributed by atoms with van der Waals surface area (Å²) in [5.41, 5.74) is 6.16. The number of hydrogen-bond donors (Lipinski definition) is 2. The van der Waals surface area contributed by atoms with Crippen LogP contribution in [-0.2, 0) is 24.1 Å². The highest BCUT2D eigenvalue weighted by molar-refractivity contribution is 6.06. The Balaban J connectivity index is 1.13. The van der Waals surface area contributed by atoms with Crippen LogP contribution in [0.4, 0.5) is 0 Å². The van der Waals surface area contributed by atoms with Crippen LogP contribution in [0.5, 0.6) is 0 Å². The molecule has 5 rings (SSSR count). The quantitative estimate of drug-likeness (QED) is 0.478. The summed E-state index contributed by atoms with van der Waals surface area (Å²) < 4.78 is 0. The topological polar surface area (TPSA) is 70.6 Å². The van der Waals surface area contributed by atoms with Crippen LogP contribution in [0.2, 0.25) is 0 Å². The van der Waals surface area contributed by atoms with Crippen LogP contribution in [0.1, 0.15) is 90.4 Å². The van der Waals surface area contributed by atoms with Gasteiger partial charge in [0.05, 0.1) is 6.54 Å². The van der Waals surface area contributed by atoms with E-state index in [1.807, 2.05) is 6.07 Å². The highest BCUT2D eigenvalue weighted by Crippen LogP contribution is 2.46. The van der Waals surface area contributed by atoms with Crippen LogP contribution in [0.15, 0.2) is 47.5 Å². The molecule has 1 heterocycles. The minimum Gasteiger partial charge on any atom is -0.354 e. The molecular formula is C30H37N3O2. The van der Waals surface area contributed by atoms with Gasteiger partial charge in [-0.3, -0.25) is 19.9 Å². The maximum absolute atomic E-state index is 12.7. The molecule has 0 spiro atoms. The van der Waals surface area contributed by atoms with Gasteiger partial charge in [0.2, 0.25) is 0 Å². The van der Waals surface area contributed by atoms with Crippen LogP contribution in [0.3, 0.4) is 0 Å². The van der Waals surface area contributed by atoms with Crippen molar-refractivity contribution in [2.24, 2.45) is 10.4 Å². The van der Waals surface area contributed by atoms with Crippen LogP contribution in [-0.4, -0.2) is 30.7 Å². The van der Waals surface area contributed by atoms with E-state index in [0.717, 1.165) is 51.5 Å². The zero-order chi connectivity index (χ0) is 24.3. The van der Waals surface area contributed by atoms with E-state index in [9.17, 15) is 9.59 Å². The lowest BCUT2D eigenvalue weighted by molar-refractivity contribution is -0.123. The third-order valence-corrected chi connectivity index (χ3v) is 7.78. The Bertz CT molecular complexity index is 1130. The Morgan fingerprint density at radius 3 is 2.49 bits per heavy atom. The van der Waals surface area contributed by atoms with Gasteiger partial charge < -0.3 is 5.32 Å². The molecule has 35 heavy (non-hydrogen) atoms. The van der Waals surface area contributed by atoms with E-state index in [4.69, 9.17) is 0 Å². The van der Waals surface area contributed by atoms with E-state index in [2.05, 4.69) is 58.9 Å². The summed E-state index contributed by atoms with van der Waals surface area (Å²) in [5.74, 6) is 1.55. The number of benzene rings is 2. The number of ketones is 1. The molecule has 2 aromatic rings. The van der Waals surface area contributed by atoms with Gasteiger partial charge in [0.15, 0.2) is 5.96 Å². The second-order valence-electron chi connectivity index (χ2n) is 10.8. The number of nitrogens with zero attached hydrogens (tertiary/aromatic N) is 1. The standard InChI is InChI=1S/C30H37N3O2/c1-30(15-16-30)27(34)10-4-8-22-6-2-5-21(19-22)7-3-9-23-13-14-25(20-26(23)24-11-12-24)28(35)33-29-31-17-18-32-29/h2,5-6,13-14,19-20,24H,3-4,7-12,15-18H2,1H3,(H2,31,32,33,35). The first-order valence-corrected chi connectivity index (χ1v) is 13.3. The van der Waals surface area contributed by atoms with E-state index in [1.54, 1.807) is 0 Å². The van der Waals surface area contributed by atoms with Crippen molar-refractivity contribution in [2.75, 3.05) is 13.1 Å². The average Bonchev–Trinajstić information content (AvgIpc) is 3.79. The monoisotopic (exact) mass is 471 g/mol. The molecule has 5 nitrogen and oxygen atoms in total. The summed E-state index contributed by atoms with van der Waals surface area (Å²) in [6, 6.07) is 15.1. The Morgan fingerprint density at radius 1 is 1.03 bits per heavy atom. The molecule has 2 saturated carbocycles. The first-order chi connectivity index (χ1) is 17.0. The van der Waals surface area contributed by atoms with Crippen molar-refractivity contribution in [2.45, 2.75) is 77.0 Å². The molecule has 0 atom stereocenters. The number of rotatable bonds is 11. The number of amides is 1. The summed E-state index contributed by atoms with van der Waals surface area (Å²) in [6.45, 7) is 3.60. The third-order valence-electron chi connectivity index (χ3n) is 7.78. The predicted octanol–water partition coefficient (Wildman–Crippen LogP) is 5.12. The Labute approximate surface area is 208 Å². The Morgan fingerprint density at radius 2 is 1.80 bits per heavy atom. The van der Waals surface area contributed by atoms with Crippen molar-refractivity contribution in [3.8, 4) is 0 Å². The molecule has 0 bridgehead atoms. The Hall–Kier alpha value is -2.95. The van der Waals surface area contributed by atoms with Crippen LogP contribution in [0.25, 0.3) is 0 Å². The lowest BCUT2D eigenvalue weighted by Gasteiger charge is -2.12. The molecule has 3 aliphatic rings. The first kappa shape index (κ1) is 23.8. The summed E-state index contributed by atoms with van der Waals surface area (Å²) in [4.78, 5) is 29.2. The van der Waals surface area contributed by atoms with Crippen molar-refractivity contribution in [3.63, 3.8) is 0 Å². The lowest BCUT2D eigenvalue weighted by Crippen LogP contribution is -2.38. The molecular weight excluding hydrogens is 434 g/mol. The smallest absolute Gasteiger partial charge is 0.257 e. The summed E-state index contributed by atoms with van der Waals surface area (Å²) in [5, 5.41) is 5.98. The number of carbonyl (C=O) groups is 2. The number of hydrogen-bond acceptors (Lipinski definition) is 4. The van der Waals surface area contributed by atoms with Gasteiger partial charge in [-0.2, -0.15) is 0 Å². The highest BCUT2D eigenvalue weighted by atomic mass is 16.2. The van der Waals surface area contributed by atoms with Gasteiger partial charge in [0, 0.05) is 23.9 Å². The number of Topliss-reactive ketones (excluding diaryl/α,β-unsaturated/α-hetero) is 1. The molecule has 2 aliphatic carbocycles. The fourth-order valence-electron chi connectivity index (χ4n) is 5.04. The second kappa shape index (κ2) is 10.3. The van der Waals surface area contributed by atoms with E-state index in [-0.39, 0.29) is 11.3 Å². The first-order valence-electron chi connectivity index (χ1n) is 13.3. The van der Waals surface area contributed by atoms with Gasteiger partial charge in [0.25, 0.3) is 5.91 Å². The van der Waals surface area contributed by atoms with Gasteiger partial charge in [-0.1, -0.05) is 37.3 Å². The maximum atomic E-state index is 12.7. The SMILES string of the molecule is CC1(C(=O)CCCc2cccc(CCCc3ccc(C(=O)NC4=NCCN4)cc3C3CC3)c2)CC1. The van der Waals surface area contributed by atoms with Crippen LogP contribution >= 0.6 is 0 Å². The largest absolute Gasteiger partial charge is 0.354 e. The molecule has 184 valence electrons. The fraction of sp³-hybridized carbons (Fsp3) is 0.500. The molecule has 1 amide bonds. The van der Waals surface area contributed by atoms with Gasteiger partial charge in [0.1, 0.15) is 5.78 Å². The molecule has 0 saturated heterocycles. The van der Waals surface area contributed by atoms with E-state index in [0.29, 0.717) is 36.2 Å². The number of aryl methyl sites for hydroxylation is 3. The molecule has 0 unspecified atom stereocenters. The molecule has 2 aromatic carbocycles. The maximum Gasteiger partial charge on any atom is 0.257 e. The molecule has 1 aliphatic heterocycles. The highest BCUT2D eigenvalue weighted by Gasteiger charge is 2.43. The van der Waals surface area contributed by atoms with E-state index < -0.39 is 0 Å². The number of carbonyl (C=O) groups excluding carboxylic acids is 2. The minimum absolute atomic E-state index is 0.00507. The van der Waals surface area contributed by atoms with Crippen molar-refractivity contribution in [1.29, 1.82) is 0 Å². The average molecular weight is 472 g/mol. The minimum atomic E-state index is -0.0867. The third kappa shape index (κ3) is 6.19. The normalized spacial score (nSPS) is 18.0. The fourth-order valence-corrected chi connectivity index (χ4v) is 5.04. The summed E-state index contributed by atoms with van der Waals surface area (Å²) >= 11 is 0. The number of guanidine groups is 1. The second-order valence-corrected chi connectivity index (χ2v) is 10.8. The molecule has 2 N–H and O–H groups in total. The van der Waals surface area contributed by atoms with Crippen molar-refractivity contribution in [1.82, 2.24) is 10.6 Å². The predicted molar refractivity (Wildman–Crippen MR) is 140 cm³/mol. The molecule has 2 fully saturated rings. The Kier molecular flexibility index (Phi) is 7.03. The zero-order valence-electron chi connectivity index (χ0n) is 20.9.